The van der Waals surface area contributed by atoms with E-state index < -0.39 is 0 Å². The van der Waals surface area contributed by atoms with E-state index in [0.717, 1.165) is 11.3 Å². The van der Waals surface area contributed by atoms with Gasteiger partial charge in [-0.2, -0.15) is 0 Å². The molecule has 0 saturated carbocycles. The van der Waals surface area contributed by atoms with Gasteiger partial charge in [0.1, 0.15) is 5.82 Å². The van der Waals surface area contributed by atoms with Crippen LogP contribution in [0.4, 0.5) is 10.1 Å². The molecule has 0 saturated heterocycles. The molecule has 2 rings (SSSR count). The standard InChI is InChI=1S/C16H17FN2O/c1-19(11-13-6-5-7-14(17)10-13)12-16(20)18-15-8-3-2-4-9-15/h2-10H,11-12H2,1H3,(H,18,20). The Bertz CT molecular complexity index is 572. The predicted molar refractivity (Wildman–Crippen MR) is 77.8 cm³/mol. The molecule has 0 fully saturated rings. The zero-order valence-electron chi connectivity index (χ0n) is 11.3. The second-order valence-corrected chi connectivity index (χ2v) is 4.72. The van der Waals surface area contributed by atoms with E-state index in [1.54, 1.807) is 6.07 Å². The van der Waals surface area contributed by atoms with E-state index in [4.69, 9.17) is 0 Å². The van der Waals surface area contributed by atoms with Crippen LogP contribution in [-0.4, -0.2) is 24.4 Å². The van der Waals surface area contributed by atoms with Gasteiger partial charge in [-0.3, -0.25) is 9.69 Å². The van der Waals surface area contributed by atoms with E-state index in [9.17, 15) is 9.18 Å². The third-order valence-corrected chi connectivity index (χ3v) is 2.81. The number of hydrogen-bond donors (Lipinski definition) is 1. The molecule has 0 heterocycles. The first-order chi connectivity index (χ1) is 9.63. The Morgan fingerprint density at radius 1 is 1.15 bits per heavy atom. The lowest BCUT2D eigenvalue weighted by Gasteiger charge is -2.16. The highest BCUT2D eigenvalue weighted by Gasteiger charge is 2.07. The highest BCUT2D eigenvalue weighted by molar-refractivity contribution is 5.92. The predicted octanol–water partition coefficient (Wildman–Crippen LogP) is 2.90. The maximum absolute atomic E-state index is 13.1. The first-order valence-corrected chi connectivity index (χ1v) is 6.41. The number of nitrogens with zero attached hydrogens (tertiary/aromatic N) is 1. The second kappa shape index (κ2) is 6.82. The Kier molecular flexibility index (Phi) is 4.85. The molecule has 20 heavy (non-hydrogen) atoms. The van der Waals surface area contributed by atoms with Gasteiger partial charge in [0, 0.05) is 12.2 Å². The summed E-state index contributed by atoms with van der Waals surface area (Å²) in [6.45, 7) is 0.783. The molecule has 2 aromatic carbocycles. The number of nitrogens with one attached hydrogen (secondary N) is 1. The number of carbonyl (C=O) groups excluding carboxylic acids is 1. The summed E-state index contributed by atoms with van der Waals surface area (Å²) in [5, 5.41) is 2.82. The maximum Gasteiger partial charge on any atom is 0.238 e. The molecule has 0 spiro atoms. The van der Waals surface area contributed by atoms with Gasteiger partial charge in [0.25, 0.3) is 0 Å². The normalized spacial score (nSPS) is 10.6. The molecule has 1 N–H and O–H groups in total. The smallest absolute Gasteiger partial charge is 0.238 e. The van der Waals surface area contributed by atoms with Crippen LogP contribution >= 0.6 is 0 Å². The van der Waals surface area contributed by atoms with E-state index in [2.05, 4.69) is 5.32 Å². The zero-order chi connectivity index (χ0) is 14.4. The molecular formula is C16H17FN2O. The number of anilines is 1. The third kappa shape index (κ3) is 4.48. The molecule has 2 aromatic rings. The fraction of sp³-hybridized carbons (Fsp3) is 0.188. The summed E-state index contributed by atoms with van der Waals surface area (Å²) in [5.74, 6) is -0.347. The van der Waals surface area contributed by atoms with Gasteiger partial charge in [0.05, 0.1) is 6.54 Å². The average Bonchev–Trinajstić information content (AvgIpc) is 2.39. The quantitative estimate of drug-likeness (QED) is 0.907. The van der Waals surface area contributed by atoms with Crippen LogP contribution in [0.3, 0.4) is 0 Å². The molecule has 0 aliphatic rings. The van der Waals surface area contributed by atoms with Crippen LogP contribution in [0.2, 0.25) is 0 Å². The number of hydrogen-bond acceptors (Lipinski definition) is 2. The fourth-order valence-corrected chi connectivity index (χ4v) is 1.97. The first-order valence-electron chi connectivity index (χ1n) is 6.41. The van der Waals surface area contributed by atoms with Crippen molar-refractivity contribution in [3.63, 3.8) is 0 Å². The Labute approximate surface area is 118 Å². The molecule has 0 aromatic heterocycles. The molecular weight excluding hydrogens is 255 g/mol. The van der Waals surface area contributed by atoms with Crippen molar-refractivity contribution in [2.24, 2.45) is 0 Å². The molecule has 0 bridgehead atoms. The van der Waals surface area contributed by atoms with Crippen LogP contribution in [-0.2, 0) is 11.3 Å². The second-order valence-electron chi connectivity index (χ2n) is 4.72. The average molecular weight is 272 g/mol. The van der Waals surface area contributed by atoms with Gasteiger partial charge >= 0.3 is 0 Å². The van der Waals surface area contributed by atoms with E-state index in [0.29, 0.717) is 6.54 Å². The number of likely N-dealkylation sites (N-methyl/N-ethyl adjacent to an activating group) is 1. The molecule has 104 valence electrons. The van der Waals surface area contributed by atoms with Crippen molar-refractivity contribution in [3.8, 4) is 0 Å². The Hall–Kier alpha value is -2.20. The lowest BCUT2D eigenvalue weighted by Crippen LogP contribution is -2.29. The highest BCUT2D eigenvalue weighted by atomic mass is 19.1. The Morgan fingerprint density at radius 2 is 1.90 bits per heavy atom. The van der Waals surface area contributed by atoms with Crippen LogP contribution in [0.15, 0.2) is 54.6 Å². The lowest BCUT2D eigenvalue weighted by atomic mass is 10.2. The van der Waals surface area contributed by atoms with E-state index in [1.807, 2.05) is 48.3 Å². The largest absolute Gasteiger partial charge is 0.325 e. The maximum atomic E-state index is 13.1. The number of rotatable bonds is 5. The lowest BCUT2D eigenvalue weighted by molar-refractivity contribution is -0.117. The van der Waals surface area contributed by atoms with Gasteiger partial charge in [-0.1, -0.05) is 30.3 Å². The number of para-hydroxylation sites is 1. The summed E-state index contributed by atoms with van der Waals surface area (Å²) >= 11 is 0. The van der Waals surface area contributed by atoms with Gasteiger partial charge in [-0.05, 0) is 36.9 Å². The molecule has 0 aliphatic heterocycles. The minimum absolute atomic E-state index is 0.0879. The zero-order valence-corrected chi connectivity index (χ0v) is 11.3. The SMILES string of the molecule is CN(CC(=O)Nc1ccccc1)Cc1cccc(F)c1. The molecule has 0 aliphatic carbocycles. The van der Waals surface area contributed by atoms with Crippen LogP contribution in [0.25, 0.3) is 0 Å². The van der Waals surface area contributed by atoms with Crippen molar-refractivity contribution >= 4 is 11.6 Å². The third-order valence-electron chi connectivity index (χ3n) is 2.81. The van der Waals surface area contributed by atoms with Crippen LogP contribution in [0.5, 0.6) is 0 Å². The van der Waals surface area contributed by atoms with Crippen LogP contribution in [0.1, 0.15) is 5.56 Å². The molecule has 4 heteroatoms. The topological polar surface area (TPSA) is 32.3 Å². The summed E-state index contributed by atoms with van der Waals surface area (Å²) in [5.41, 5.74) is 1.62. The summed E-state index contributed by atoms with van der Waals surface area (Å²) in [7, 11) is 1.83. The molecule has 0 atom stereocenters. The monoisotopic (exact) mass is 272 g/mol. The minimum Gasteiger partial charge on any atom is -0.325 e. The number of benzene rings is 2. The minimum atomic E-state index is -0.260. The molecule has 0 radical (unpaired) electrons. The van der Waals surface area contributed by atoms with Gasteiger partial charge in [0.2, 0.25) is 5.91 Å². The Morgan fingerprint density at radius 3 is 2.60 bits per heavy atom. The first kappa shape index (κ1) is 14.2. The summed E-state index contributed by atoms with van der Waals surface area (Å²) in [4.78, 5) is 13.7. The van der Waals surface area contributed by atoms with Crippen LogP contribution in [0, 0.1) is 5.82 Å². The number of halogens is 1. The van der Waals surface area contributed by atoms with Crippen molar-refractivity contribution in [1.29, 1.82) is 0 Å². The van der Waals surface area contributed by atoms with E-state index >= 15 is 0 Å². The van der Waals surface area contributed by atoms with E-state index in [-0.39, 0.29) is 18.3 Å². The Balaban J connectivity index is 1.85. The van der Waals surface area contributed by atoms with Gasteiger partial charge in [0.15, 0.2) is 0 Å². The highest BCUT2D eigenvalue weighted by Crippen LogP contribution is 2.07. The van der Waals surface area contributed by atoms with E-state index in [1.165, 1.54) is 12.1 Å². The number of carbonyl (C=O) groups is 1. The van der Waals surface area contributed by atoms with Crippen LogP contribution < -0.4 is 5.32 Å². The van der Waals surface area contributed by atoms with Crippen molar-refractivity contribution in [2.45, 2.75) is 6.54 Å². The summed E-state index contributed by atoms with van der Waals surface area (Å²) < 4.78 is 13.1. The van der Waals surface area contributed by atoms with Gasteiger partial charge in [-0.25, -0.2) is 4.39 Å². The number of amides is 1. The fourth-order valence-electron chi connectivity index (χ4n) is 1.97. The summed E-state index contributed by atoms with van der Waals surface area (Å²) in [6.07, 6.45) is 0. The van der Waals surface area contributed by atoms with Crippen molar-refractivity contribution in [2.75, 3.05) is 18.9 Å². The van der Waals surface area contributed by atoms with Crippen molar-refractivity contribution in [1.82, 2.24) is 4.90 Å². The van der Waals surface area contributed by atoms with Gasteiger partial charge in [-0.15, -0.1) is 0 Å². The molecule has 1 amide bonds. The van der Waals surface area contributed by atoms with Crippen molar-refractivity contribution in [3.05, 3.63) is 66.0 Å². The van der Waals surface area contributed by atoms with Gasteiger partial charge < -0.3 is 5.32 Å². The summed E-state index contributed by atoms with van der Waals surface area (Å²) in [6, 6.07) is 15.7. The molecule has 0 unspecified atom stereocenters. The molecule has 3 nitrogen and oxygen atoms in total. The van der Waals surface area contributed by atoms with Crippen molar-refractivity contribution < 1.29 is 9.18 Å².